The molecule has 2 amide bonds. The number of benzene rings is 3. The molecule has 3 aromatic rings. The summed E-state index contributed by atoms with van der Waals surface area (Å²) >= 11 is 12.8. The molecule has 3 rings (SSSR count). The van der Waals surface area contributed by atoms with Gasteiger partial charge in [0.2, 0.25) is 11.8 Å². The summed E-state index contributed by atoms with van der Waals surface area (Å²) in [6.45, 7) is 3.38. The van der Waals surface area contributed by atoms with Gasteiger partial charge in [0.05, 0.1) is 17.7 Å². The Morgan fingerprint density at radius 2 is 1.57 bits per heavy atom. The zero-order chi connectivity index (χ0) is 29.3. The predicted octanol–water partition coefficient (Wildman–Crippen LogP) is 5.53. The Hall–Kier alpha value is -3.27. The van der Waals surface area contributed by atoms with Crippen molar-refractivity contribution in [2.75, 3.05) is 24.5 Å². The summed E-state index contributed by atoms with van der Waals surface area (Å²) in [4.78, 5) is 28.3. The van der Waals surface area contributed by atoms with E-state index in [0.717, 1.165) is 17.1 Å². The fraction of sp³-hybridized carbons (Fsp3) is 0.310. The van der Waals surface area contributed by atoms with Crippen LogP contribution in [0.5, 0.6) is 5.75 Å². The second-order valence-electron chi connectivity index (χ2n) is 9.07. The minimum absolute atomic E-state index is 0.0182. The highest BCUT2D eigenvalue weighted by atomic mass is 35.5. The lowest BCUT2D eigenvalue weighted by molar-refractivity contribution is -0.139. The van der Waals surface area contributed by atoms with Gasteiger partial charge in [-0.3, -0.25) is 13.9 Å². The van der Waals surface area contributed by atoms with E-state index >= 15 is 0 Å². The molecule has 0 aliphatic carbocycles. The lowest BCUT2D eigenvalue weighted by atomic mass is 10.1. The molecule has 0 bridgehead atoms. The zero-order valence-corrected chi connectivity index (χ0v) is 25.0. The average molecular weight is 607 g/mol. The fourth-order valence-electron chi connectivity index (χ4n) is 3.97. The van der Waals surface area contributed by atoms with Gasteiger partial charge in [-0.1, -0.05) is 60.8 Å². The number of carbonyl (C=O) groups excluding carboxylic acids is 2. The van der Waals surface area contributed by atoms with Crippen molar-refractivity contribution in [2.45, 2.75) is 44.2 Å². The monoisotopic (exact) mass is 605 g/mol. The van der Waals surface area contributed by atoms with Crippen molar-refractivity contribution in [3.63, 3.8) is 0 Å². The quantitative estimate of drug-likeness (QED) is 0.258. The molecule has 0 aliphatic rings. The van der Waals surface area contributed by atoms with E-state index in [1.54, 1.807) is 67.6 Å². The van der Waals surface area contributed by atoms with Crippen LogP contribution >= 0.6 is 23.2 Å². The molecule has 0 saturated heterocycles. The molecule has 8 nitrogen and oxygen atoms in total. The number of carbonyl (C=O) groups is 2. The van der Waals surface area contributed by atoms with Crippen molar-refractivity contribution in [1.82, 2.24) is 10.2 Å². The average Bonchev–Trinajstić information content (AvgIpc) is 2.96. The molecule has 0 unspecified atom stereocenters. The highest BCUT2D eigenvalue weighted by molar-refractivity contribution is 7.92. The first-order valence-electron chi connectivity index (χ1n) is 12.8. The number of methoxy groups -OCH3 is 1. The standard InChI is InChI=1S/C29H33Cl2N3O5S/c1-4-5-18-32-29(36)21(2)33(19-25-26(30)12-9-13-27(25)31)28(35)20-34(22-14-16-23(39-3)17-15-22)40(37,38)24-10-7-6-8-11-24/h6-17,21H,4-5,18-20H2,1-3H3,(H,32,36)/t21-/m1/s1. The van der Waals surface area contributed by atoms with Gasteiger partial charge in [-0.05, 0) is 61.9 Å². The molecule has 0 aliphatic heterocycles. The summed E-state index contributed by atoms with van der Waals surface area (Å²) in [6.07, 6.45) is 1.67. The van der Waals surface area contributed by atoms with Crippen molar-refractivity contribution in [2.24, 2.45) is 0 Å². The van der Waals surface area contributed by atoms with E-state index < -0.39 is 28.5 Å². The lowest BCUT2D eigenvalue weighted by Gasteiger charge is -2.32. The SMILES string of the molecule is CCCCNC(=O)[C@@H](C)N(Cc1c(Cl)cccc1Cl)C(=O)CN(c1ccc(OC)cc1)S(=O)(=O)c1ccccc1. The zero-order valence-electron chi connectivity index (χ0n) is 22.6. The van der Waals surface area contributed by atoms with Gasteiger partial charge in [-0.15, -0.1) is 0 Å². The third-order valence-corrected chi connectivity index (χ3v) is 8.85. The first kappa shape index (κ1) is 31.3. The number of nitrogens with one attached hydrogen (secondary N) is 1. The smallest absolute Gasteiger partial charge is 0.264 e. The van der Waals surface area contributed by atoms with E-state index in [9.17, 15) is 18.0 Å². The number of anilines is 1. The molecule has 0 saturated carbocycles. The number of hydrogen-bond donors (Lipinski definition) is 1. The van der Waals surface area contributed by atoms with Crippen LogP contribution in [0.1, 0.15) is 32.3 Å². The van der Waals surface area contributed by atoms with Gasteiger partial charge in [0.25, 0.3) is 10.0 Å². The van der Waals surface area contributed by atoms with E-state index in [4.69, 9.17) is 27.9 Å². The summed E-state index contributed by atoms with van der Waals surface area (Å²) < 4.78 is 33.8. The number of halogens is 2. The topological polar surface area (TPSA) is 96.0 Å². The number of sulfonamides is 1. The Bertz CT molecular complexity index is 1380. The van der Waals surface area contributed by atoms with Crippen LogP contribution in [0.15, 0.2) is 77.7 Å². The van der Waals surface area contributed by atoms with Crippen molar-refractivity contribution in [3.8, 4) is 5.75 Å². The molecule has 3 aromatic carbocycles. The van der Waals surface area contributed by atoms with Crippen LogP contribution in [0, 0.1) is 0 Å². The van der Waals surface area contributed by atoms with Crippen molar-refractivity contribution < 1.29 is 22.7 Å². The van der Waals surface area contributed by atoms with Gasteiger partial charge in [-0.2, -0.15) is 0 Å². The molecule has 0 fully saturated rings. The third kappa shape index (κ3) is 7.68. The van der Waals surface area contributed by atoms with Gasteiger partial charge in [0, 0.05) is 28.7 Å². The Labute approximate surface area is 245 Å². The van der Waals surface area contributed by atoms with Gasteiger partial charge in [0.1, 0.15) is 18.3 Å². The highest BCUT2D eigenvalue weighted by Crippen LogP contribution is 2.29. The number of ether oxygens (including phenoxy) is 1. The maximum Gasteiger partial charge on any atom is 0.264 e. The fourth-order valence-corrected chi connectivity index (χ4v) is 5.92. The molecule has 11 heteroatoms. The number of rotatable bonds is 13. The molecule has 40 heavy (non-hydrogen) atoms. The van der Waals surface area contributed by atoms with E-state index in [0.29, 0.717) is 27.9 Å². The highest BCUT2D eigenvalue weighted by Gasteiger charge is 2.33. The van der Waals surface area contributed by atoms with Crippen LogP contribution in [0.3, 0.4) is 0 Å². The minimum atomic E-state index is -4.16. The first-order valence-corrected chi connectivity index (χ1v) is 15.0. The number of hydrogen-bond acceptors (Lipinski definition) is 5. The molecular weight excluding hydrogens is 573 g/mol. The summed E-state index contributed by atoms with van der Waals surface area (Å²) in [7, 11) is -2.66. The van der Waals surface area contributed by atoms with Gasteiger partial charge in [0.15, 0.2) is 0 Å². The van der Waals surface area contributed by atoms with Crippen LogP contribution < -0.4 is 14.4 Å². The summed E-state index contributed by atoms with van der Waals surface area (Å²) in [5.74, 6) is -0.448. The molecule has 1 atom stereocenters. The van der Waals surface area contributed by atoms with E-state index in [1.807, 2.05) is 6.92 Å². The summed E-state index contributed by atoms with van der Waals surface area (Å²) in [6, 6.07) is 18.2. The number of nitrogens with zero attached hydrogens (tertiary/aromatic N) is 2. The molecule has 1 N–H and O–H groups in total. The minimum Gasteiger partial charge on any atom is -0.497 e. The second-order valence-corrected chi connectivity index (χ2v) is 11.7. The maximum absolute atomic E-state index is 14.0. The van der Waals surface area contributed by atoms with Gasteiger partial charge >= 0.3 is 0 Å². The molecular formula is C29H33Cl2N3O5S. The normalized spacial score (nSPS) is 11.9. The van der Waals surface area contributed by atoms with Crippen molar-refractivity contribution in [3.05, 3.63) is 88.4 Å². The van der Waals surface area contributed by atoms with Crippen LogP contribution in [0.4, 0.5) is 5.69 Å². The Kier molecular flexibility index (Phi) is 11.2. The maximum atomic E-state index is 14.0. The van der Waals surface area contributed by atoms with E-state index in [-0.39, 0.29) is 23.0 Å². The molecule has 0 heterocycles. The predicted molar refractivity (Wildman–Crippen MR) is 158 cm³/mol. The van der Waals surface area contributed by atoms with Crippen LogP contribution in [-0.4, -0.2) is 51.4 Å². The lowest BCUT2D eigenvalue weighted by Crippen LogP contribution is -2.51. The molecule has 214 valence electrons. The van der Waals surface area contributed by atoms with Gasteiger partial charge in [-0.25, -0.2) is 8.42 Å². The Morgan fingerprint density at radius 3 is 2.15 bits per heavy atom. The molecule has 0 spiro atoms. The largest absolute Gasteiger partial charge is 0.497 e. The number of amides is 2. The van der Waals surface area contributed by atoms with Crippen LogP contribution in [0.2, 0.25) is 10.0 Å². The van der Waals surface area contributed by atoms with Gasteiger partial charge < -0.3 is 15.0 Å². The first-order chi connectivity index (χ1) is 19.1. The second kappa shape index (κ2) is 14.4. The molecule has 0 radical (unpaired) electrons. The van der Waals surface area contributed by atoms with E-state index in [1.165, 1.54) is 24.1 Å². The summed E-state index contributed by atoms with van der Waals surface area (Å²) in [5.41, 5.74) is 0.711. The molecule has 0 aromatic heterocycles. The van der Waals surface area contributed by atoms with Crippen LogP contribution in [0.25, 0.3) is 0 Å². The van der Waals surface area contributed by atoms with Crippen molar-refractivity contribution >= 4 is 50.7 Å². The van der Waals surface area contributed by atoms with Crippen molar-refractivity contribution in [1.29, 1.82) is 0 Å². The summed E-state index contributed by atoms with van der Waals surface area (Å²) in [5, 5.41) is 3.50. The van der Waals surface area contributed by atoms with E-state index in [2.05, 4.69) is 5.32 Å². The Morgan fingerprint density at radius 1 is 0.950 bits per heavy atom. The Balaban J connectivity index is 2.03. The van der Waals surface area contributed by atoms with Crippen LogP contribution in [-0.2, 0) is 26.2 Å². The third-order valence-electron chi connectivity index (χ3n) is 6.36. The number of unbranched alkanes of at least 4 members (excludes halogenated alkanes) is 1.